The predicted octanol–water partition coefficient (Wildman–Crippen LogP) is 4.15. The first kappa shape index (κ1) is 18.0. The number of aromatic nitrogens is 2. The zero-order valence-electron chi connectivity index (χ0n) is 16.0. The van der Waals surface area contributed by atoms with E-state index in [-0.39, 0.29) is 5.43 Å². The van der Waals surface area contributed by atoms with Gasteiger partial charge in [0.15, 0.2) is 5.43 Å². The van der Waals surface area contributed by atoms with Crippen molar-refractivity contribution in [3.8, 4) is 11.4 Å². The molecule has 0 unspecified atom stereocenters. The number of rotatable bonds is 5. The Morgan fingerprint density at radius 2 is 2.07 bits per heavy atom. The van der Waals surface area contributed by atoms with E-state index >= 15 is 0 Å². The van der Waals surface area contributed by atoms with E-state index in [1.165, 1.54) is 6.07 Å². The highest BCUT2D eigenvalue weighted by Crippen LogP contribution is 2.24. The Morgan fingerprint density at radius 1 is 1.21 bits per heavy atom. The molecule has 0 spiro atoms. The van der Waals surface area contributed by atoms with Crippen LogP contribution in [0.1, 0.15) is 31.1 Å². The van der Waals surface area contributed by atoms with E-state index in [2.05, 4.69) is 21.9 Å². The SMILES string of the molecule is CCCCN=C(N)c1ccc2nc(-c3ccc4oc(C)cc(=O)c4c3)[nH]c2c1. The third kappa shape index (κ3) is 3.41. The standard InChI is InChI=1S/C22H22N4O2/c1-3-4-9-24-21(23)14-5-7-17-18(12-14)26-22(25-17)15-6-8-20-16(11-15)19(27)10-13(2)28-20/h5-8,10-12H,3-4,9H2,1-2H3,(H2,23,24)(H,25,26). The van der Waals surface area contributed by atoms with Crippen LogP contribution in [-0.2, 0) is 0 Å². The summed E-state index contributed by atoms with van der Waals surface area (Å²) >= 11 is 0. The van der Waals surface area contributed by atoms with Gasteiger partial charge >= 0.3 is 0 Å². The average Bonchev–Trinajstić information content (AvgIpc) is 3.11. The highest BCUT2D eigenvalue weighted by molar-refractivity contribution is 6.00. The summed E-state index contributed by atoms with van der Waals surface area (Å²) in [6.07, 6.45) is 2.11. The lowest BCUT2D eigenvalue weighted by Gasteiger charge is -2.01. The quantitative estimate of drug-likeness (QED) is 0.311. The van der Waals surface area contributed by atoms with Crippen LogP contribution in [0.4, 0.5) is 0 Å². The van der Waals surface area contributed by atoms with Crippen LogP contribution < -0.4 is 11.2 Å². The summed E-state index contributed by atoms with van der Waals surface area (Å²) in [7, 11) is 0. The molecule has 0 aliphatic rings. The molecule has 0 radical (unpaired) electrons. The molecule has 0 amide bonds. The fourth-order valence-corrected chi connectivity index (χ4v) is 3.18. The number of unbranched alkanes of at least 4 members (excludes halogenated alkanes) is 1. The molecule has 0 fully saturated rings. The molecule has 2 aromatic heterocycles. The fourth-order valence-electron chi connectivity index (χ4n) is 3.18. The number of fused-ring (bicyclic) bond motifs is 2. The van der Waals surface area contributed by atoms with E-state index in [4.69, 9.17) is 10.2 Å². The number of hydrogen-bond donors (Lipinski definition) is 2. The van der Waals surface area contributed by atoms with E-state index in [1.54, 1.807) is 19.1 Å². The second kappa shape index (κ2) is 7.31. The molecule has 6 heteroatoms. The molecule has 4 rings (SSSR count). The number of aryl methyl sites for hydroxylation is 1. The van der Waals surface area contributed by atoms with Gasteiger partial charge in [0.2, 0.25) is 0 Å². The van der Waals surface area contributed by atoms with Gasteiger partial charge in [0, 0.05) is 23.7 Å². The van der Waals surface area contributed by atoms with Crippen molar-refractivity contribution in [1.82, 2.24) is 9.97 Å². The van der Waals surface area contributed by atoms with Crippen LogP contribution in [0.3, 0.4) is 0 Å². The summed E-state index contributed by atoms with van der Waals surface area (Å²) in [5.41, 5.74) is 10.0. The van der Waals surface area contributed by atoms with Gasteiger partial charge in [0.05, 0.1) is 16.4 Å². The Bertz CT molecular complexity index is 1250. The highest BCUT2D eigenvalue weighted by Gasteiger charge is 2.10. The van der Waals surface area contributed by atoms with Crippen LogP contribution in [0.25, 0.3) is 33.4 Å². The molecule has 2 aromatic carbocycles. The van der Waals surface area contributed by atoms with Gasteiger partial charge in [-0.1, -0.05) is 13.3 Å². The van der Waals surface area contributed by atoms with Crippen molar-refractivity contribution in [3.63, 3.8) is 0 Å². The monoisotopic (exact) mass is 374 g/mol. The van der Waals surface area contributed by atoms with Crippen molar-refractivity contribution in [2.45, 2.75) is 26.7 Å². The summed E-state index contributed by atoms with van der Waals surface area (Å²) < 4.78 is 5.62. The van der Waals surface area contributed by atoms with Gasteiger partial charge in [-0.05, 0) is 49.7 Å². The number of amidine groups is 1. The second-order valence-electron chi connectivity index (χ2n) is 6.87. The molecular weight excluding hydrogens is 352 g/mol. The molecule has 0 aliphatic heterocycles. The number of nitrogens with one attached hydrogen (secondary N) is 1. The minimum Gasteiger partial charge on any atom is -0.461 e. The number of aromatic amines is 1. The molecular formula is C22H22N4O2. The lowest BCUT2D eigenvalue weighted by atomic mass is 10.1. The van der Waals surface area contributed by atoms with Crippen LogP contribution in [-0.4, -0.2) is 22.3 Å². The normalized spacial score (nSPS) is 12.1. The van der Waals surface area contributed by atoms with Crippen LogP contribution in [0.2, 0.25) is 0 Å². The fraction of sp³-hybridized carbons (Fsp3) is 0.227. The lowest BCUT2D eigenvalue weighted by Crippen LogP contribution is -2.13. The third-order valence-corrected chi connectivity index (χ3v) is 4.70. The largest absolute Gasteiger partial charge is 0.461 e. The van der Waals surface area contributed by atoms with E-state index < -0.39 is 0 Å². The molecule has 0 saturated carbocycles. The highest BCUT2D eigenvalue weighted by atomic mass is 16.3. The van der Waals surface area contributed by atoms with E-state index in [1.807, 2.05) is 24.3 Å². The maximum atomic E-state index is 12.3. The molecule has 0 saturated heterocycles. The lowest BCUT2D eigenvalue weighted by molar-refractivity contribution is 0.565. The summed E-state index contributed by atoms with van der Waals surface area (Å²) in [5, 5.41) is 0.538. The number of imidazole rings is 1. The first-order valence-electron chi connectivity index (χ1n) is 9.40. The molecule has 0 atom stereocenters. The average molecular weight is 374 g/mol. The Morgan fingerprint density at radius 3 is 2.89 bits per heavy atom. The molecule has 0 bridgehead atoms. The maximum Gasteiger partial charge on any atom is 0.192 e. The summed E-state index contributed by atoms with van der Waals surface area (Å²) in [4.78, 5) is 24.6. The first-order valence-corrected chi connectivity index (χ1v) is 9.40. The van der Waals surface area contributed by atoms with Gasteiger partial charge in [-0.2, -0.15) is 0 Å². The van der Waals surface area contributed by atoms with Crippen molar-refractivity contribution >= 4 is 27.8 Å². The van der Waals surface area contributed by atoms with Gasteiger partial charge in [-0.25, -0.2) is 4.98 Å². The Kier molecular flexibility index (Phi) is 4.69. The zero-order chi connectivity index (χ0) is 19.7. The van der Waals surface area contributed by atoms with E-state index in [0.29, 0.717) is 28.4 Å². The number of aliphatic imine (C=N–C) groups is 1. The minimum atomic E-state index is -0.0601. The minimum absolute atomic E-state index is 0.0601. The summed E-state index contributed by atoms with van der Waals surface area (Å²) in [6.45, 7) is 4.62. The molecule has 4 aromatic rings. The Labute approximate surface area is 162 Å². The van der Waals surface area contributed by atoms with Crippen LogP contribution in [0, 0.1) is 6.92 Å². The number of benzene rings is 2. The Hall–Kier alpha value is -3.41. The van der Waals surface area contributed by atoms with Gasteiger partial charge in [0.25, 0.3) is 0 Å². The van der Waals surface area contributed by atoms with Crippen molar-refractivity contribution in [2.24, 2.45) is 10.7 Å². The molecule has 28 heavy (non-hydrogen) atoms. The molecule has 142 valence electrons. The van der Waals surface area contributed by atoms with Crippen LogP contribution in [0.5, 0.6) is 0 Å². The molecule has 0 aliphatic carbocycles. The number of hydrogen-bond acceptors (Lipinski definition) is 4. The number of nitrogens with zero attached hydrogens (tertiary/aromatic N) is 2. The van der Waals surface area contributed by atoms with Crippen molar-refractivity contribution in [3.05, 3.63) is 64.0 Å². The van der Waals surface area contributed by atoms with Crippen molar-refractivity contribution < 1.29 is 4.42 Å². The maximum absolute atomic E-state index is 12.3. The predicted molar refractivity (Wildman–Crippen MR) is 113 cm³/mol. The third-order valence-electron chi connectivity index (χ3n) is 4.70. The molecule has 2 heterocycles. The van der Waals surface area contributed by atoms with Crippen molar-refractivity contribution in [2.75, 3.05) is 6.54 Å². The first-order chi connectivity index (χ1) is 13.5. The Balaban J connectivity index is 1.73. The van der Waals surface area contributed by atoms with E-state index in [9.17, 15) is 4.79 Å². The smallest absolute Gasteiger partial charge is 0.192 e. The van der Waals surface area contributed by atoms with Gasteiger partial charge in [0.1, 0.15) is 23.0 Å². The number of nitrogens with two attached hydrogens (primary N) is 1. The number of H-pyrrole nitrogens is 1. The molecule has 3 N–H and O–H groups in total. The summed E-state index contributed by atoms with van der Waals surface area (Å²) in [5.74, 6) is 1.82. The van der Waals surface area contributed by atoms with Gasteiger partial charge < -0.3 is 15.1 Å². The van der Waals surface area contributed by atoms with Crippen molar-refractivity contribution in [1.29, 1.82) is 0 Å². The van der Waals surface area contributed by atoms with Gasteiger partial charge in [-0.3, -0.25) is 9.79 Å². The second-order valence-corrected chi connectivity index (χ2v) is 6.87. The zero-order valence-corrected chi connectivity index (χ0v) is 16.0. The van der Waals surface area contributed by atoms with Gasteiger partial charge in [-0.15, -0.1) is 0 Å². The topological polar surface area (TPSA) is 97.3 Å². The summed E-state index contributed by atoms with van der Waals surface area (Å²) in [6, 6.07) is 12.8. The van der Waals surface area contributed by atoms with E-state index in [0.717, 1.165) is 41.5 Å². The van der Waals surface area contributed by atoms with Crippen LogP contribution >= 0.6 is 0 Å². The van der Waals surface area contributed by atoms with Crippen LogP contribution in [0.15, 0.2) is 56.7 Å². The molecule has 6 nitrogen and oxygen atoms in total.